The fourth-order valence-corrected chi connectivity index (χ4v) is 3.61. The smallest absolute Gasteiger partial charge is 0.0931 e. The van der Waals surface area contributed by atoms with E-state index >= 15 is 0 Å². The maximum Gasteiger partial charge on any atom is 0.0931 e. The summed E-state index contributed by atoms with van der Waals surface area (Å²) in [6, 6.07) is 4.79. The van der Waals surface area contributed by atoms with Gasteiger partial charge in [0, 0.05) is 50.2 Å². The first-order chi connectivity index (χ1) is 9.19. The van der Waals surface area contributed by atoms with Crippen LogP contribution in [0.15, 0.2) is 12.1 Å². The minimum atomic E-state index is 0.727. The molecule has 0 spiro atoms. The minimum Gasteiger partial charge on any atom is -0.311 e. The van der Waals surface area contributed by atoms with E-state index in [0.717, 1.165) is 30.0 Å². The lowest BCUT2D eigenvalue weighted by atomic mass is 10.1. The van der Waals surface area contributed by atoms with Crippen molar-refractivity contribution >= 4 is 22.9 Å². The highest BCUT2D eigenvalue weighted by Crippen LogP contribution is 2.20. The number of hydrogen-bond acceptors (Lipinski definition) is 4. The Morgan fingerprint density at radius 3 is 2.95 bits per heavy atom. The summed E-state index contributed by atoms with van der Waals surface area (Å²) >= 11 is 7.58. The average Bonchev–Trinajstić information content (AvgIpc) is 2.82. The zero-order chi connectivity index (χ0) is 13.7. The predicted molar refractivity (Wildman–Crippen MR) is 84.2 cm³/mol. The molecule has 1 saturated heterocycles. The molecule has 0 saturated carbocycles. The minimum absolute atomic E-state index is 0.727. The van der Waals surface area contributed by atoms with Crippen molar-refractivity contribution in [3.8, 4) is 0 Å². The lowest BCUT2D eigenvalue weighted by Gasteiger charge is -2.39. The van der Waals surface area contributed by atoms with Gasteiger partial charge in [0.15, 0.2) is 0 Å². The molecule has 1 N–H and O–H groups in total. The predicted octanol–water partition coefficient (Wildman–Crippen LogP) is 2.52. The zero-order valence-corrected chi connectivity index (χ0v) is 13.4. The summed E-state index contributed by atoms with van der Waals surface area (Å²) in [6.07, 6.45) is 1.24. The van der Waals surface area contributed by atoms with Gasteiger partial charge in [0.1, 0.15) is 0 Å². The first kappa shape index (κ1) is 15.3. The van der Waals surface area contributed by atoms with Crippen LogP contribution in [0.25, 0.3) is 0 Å². The third-order valence-corrected chi connectivity index (χ3v) is 5.10. The maximum atomic E-state index is 5.92. The van der Waals surface area contributed by atoms with Crippen molar-refractivity contribution in [2.45, 2.75) is 25.9 Å². The molecule has 0 bridgehead atoms. The molecular weight excluding hydrogens is 278 g/mol. The maximum absolute atomic E-state index is 5.92. The van der Waals surface area contributed by atoms with Crippen molar-refractivity contribution < 1.29 is 0 Å². The first-order valence-electron chi connectivity index (χ1n) is 7.06. The highest BCUT2D eigenvalue weighted by atomic mass is 35.5. The van der Waals surface area contributed by atoms with Gasteiger partial charge in [-0.25, -0.2) is 0 Å². The normalized spacial score (nSPS) is 21.9. The van der Waals surface area contributed by atoms with E-state index in [-0.39, 0.29) is 0 Å². The number of rotatable bonds is 6. The van der Waals surface area contributed by atoms with Crippen LogP contribution < -0.4 is 5.32 Å². The molecule has 0 aromatic carbocycles. The average molecular weight is 302 g/mol. The molecule has 108 valence electrons. The second-order valence-electron chi connectivity index (χ2n) is 5.23. The number of piperazine rings is 1. The molecule has 5 heteroatoms. The molecule has 0 radical (unpaired) electrons. The van der Waals surface area contributed by atoms with Crippen molar-refractivity contribution in [3.63, 3.8) is 0 Å². The molecule has 1 aromatic rings. The quantitative estimate of drug-likeness (QED) is 0.815. The third kappa shape index (κ3) is 4.72. The molecule has 1 aliphatic rings. The van der Waals surface area contributed by atoms with E-state index in [1.165, 1.54) is 30.9 Å². The highest BCUT2D eigenvalue weighted by molar-refractivity contribution is 7.16. The Morgan fingerprint density at radius 1 is 1.42 bits per heavy atom. The van der Waals surface area contributed by atoms with Crippen LogP contribution in [-0.2, 0) is 6.54 Å². The molecule has 0 amide bonds. The molecule has 1 unspecified atom stereocenters. The number of hydrogen-bond donors (Lipinski definition) is 1. The Bertz CT molecular complexity index is 383. The van der Waals surface area contributed by atoms with Gasteiger partial charge in [-0.3, -0.25) is 4.90 Å². The van der Waals surface area contributed by atoms with Gasteiger partial charge < -0.3 is 10.2 Å². The highest BCUT2D eigenvalue weighted by Gasteiger charge is 2.21. The van der Waals surface area contributed by atoms with Crippen LogP contribution in [0.5, 0.6) is 0 Å². The van der Waals surface area contributed by atoms with Crippen LogP contribution in [-0.4, -0.2) is 55.6 Å². The molecule has 1 aliphatic heterocycles. The second-order valence-corrected chi connectivity index (χ2v) is 7.03. The Labute approximate surface area is 125 Å². The van der Waals surface area contributed by atoms with Crippen LogP contribution in [0, 0.1) is 0 Å². The van der Waals surface area contributed by atoms with Crippen molar-refractivity contribution in [1.29, 1.82) is 0 Å². The van der Waals surface area contributed by atoms with Crippen LogP contribution in [0.4, 0.5) is 0 Å². The Balaban J connectivity index is 1.63. The summed E-state index contributed by atoms with van der Waals surface area (Å²) < 4.78 is 0.877. The zero-order valence-electron chi connectivity index (χ0n) is 11.9. The van der Waals surface area contributed by atoms with E-state index in [1.54, 1.807) is 11.3 Å². The standard InChI is InChI=1S/C14H24ClN3S/c1-3-12-11-18(9-8-17(12)2)7-6-16-10-13-4-5-14(15)19-13/h4-5,12,16H,3,6-11H2,1-2H3. The fraction of sp³-hybridized carbons (Fsp3) is 0.714. The number of likely N-dealkylation sites (N-methyl/N-ethyl adjacent to an activating group) is 1. The lowest BCUT2D eigenvalue weighted by Crippen LogP contribution is -2.52. The van der Waals surface area contributed by atoms with E-state index in [4.69, 9.17) is 11.6 Å². The monoisotopic (exact) mass is 301 g/mol. The van der Waals surface area contributed by atoms with Crippen molar-refractivity contribution in [3.05, 3.63) is 21.3 Å². The Hall–Kier alpha value is -0.130. The number of halogens is 1. The van der Waals surface area contributed by atoms with Crippen LogP contribution >= 0.6 is 22.9 Å². The fourth-order valence-electron chi connectivity index (χ4n) is 2.55. The summed E-state index contributed by atoms with van der Waals surface area (Å²) in [5.74, 6) is 0. The van der Waals surface area contributed by atoms with Crippen molar-refractivity contribution in [2.24, 2.45) is 0 Å². The van der Waals surface area contributed by atoms with Gasteiger partial charge in [0.2, 0.25) is 0 Å². The second kappa shape index (κ2) is 7.60. The van der Waals surface area contributed by atoms with E-state index < -0.39 is 0 Å². The number of nitrogens with zero attached hydrogens (tertiary/aromatic N) is 2. The van der Waals surface area contributed by atoms with Crippen LogP contribution in [0.3, 0.4) is 0 Å². The summed E-state index contributed by atoms with van der Waals surface area (Å²) in [7, 11) is 2.24. The largest absolute Gasteiger partial charge is 0.311 e. The Kier molecular flexibility index (Phi) is 6.10. The van der Waals surface area contributed by atoms with E-state index in [2.05, 4.69) is 35.2 Å². The summed E-state index contributed by atoms with van der Waals surface area (Å²) in [5, 5.41) is 3.50. The molecule has 1 atom stereocenters. The number of thiophene rings is 1. The summed E-state index contributed by atoms with van der Waals surface area (Å²) in [6.45, 7) is 9.00. The molecule has 2 rings (SSSR count). The molecule has 3 nitrogen and oxygen atoms in total. The Morgan fingerprint density at radius 2 is 2.26 bits per heavy atom. The SMILES string of the molecule is CCC1CN(CCNCc2ccc(Cl)s2)CCN1C. The lowest BCUT2D eigenvalue weighted by molar-refractivity contribution is 0.0939. The summed E-state index contributed by atoms with van der Waals surface area (Å²) in [5.41, 5.74) is 0. The van der Waals surface area contributed by atoms with Gasteiger partial charge in [-0.15, -0.1) is 11.3 Å². The van der Waals surface area contributed by atoms with Crippen LogP contribution in [0.1, 0.15) is 18.2 Å². The van der Waals surface area contributed by atoms with Gasteiger partial charge in [-0.2, -0.15) is 0 Å². The molecule has 2 heterocycles. The van der Waals surface area contributed by atoms with Crippen molar-refractivity contribution in [2.75, 3.05) is 39.8 Å². The summed E-state index contributed by atoms with van der Waals surface area (Å²) in [4.78, 5) is 6.37. The molecular formula is C14H24ClN3S. The van der Waals surface area contributed by atoms with Crippen molar-refractivity contribution in [1.82, 2.24) is 15.1 Å². The van der Waals surface area contributed by atoms with Gasteiger partial charge in [0.25, 0.3) is 0 Å². The van der Waals surface area contributed by atoms with Gasteiger partial charge in [-0.05, 0) is 25.6 Å². The third-order valence-electron chi connectivity index (χ3n) is 3.87. The van der Waals surface area contributed by atoms with Gasteiger partial charge in [-0.1, -0.05) is 18.5 Å². The van der Waals surface area contributed by atoms with Gasteiger partial charge in [0.05, 0.1) is 4.34 Å². The number of nitrogens with one attached hydrogen (secondary N) is 1. The first-order valence-corrected chi connectivity index (χ1v) is 8.26. The van der Waals surface area contributed by atoms with Gasteiger partial charge >= 0.3 is 0 Å². The van der Waals surface area contributed by atoms with Crippen LogP contribution in [0.2, 0.25) is 4.34 Å². The molecule has 1 aromatic heterocycles. The van der Waals surface area contributed by atoms with E-state index in [1.807, 2.05) is 6.07 Å². The van der Waals surface area contributed by atoms with E-state index in [0.29, 0.717) is 0 Å². The topological polar surface area (TPSA) is 18.5 Å². The molecule has 19 heavy (non-hydrogen) atoms. The molecule has 0 aliphatic carbocycles. The van der Waals surface area contributed by atoms with E-state index in [9.17, 15) is 0 Å². The molecule has 1 fully saturated rings.